The number of nitrogens with zero attached hydrogens (tertiary/aromatic N) is 2. The van der Waals surface area contributed by atoms with Crippen LogP contribution in [0.25, 0.3) is 33.7 Å². The Morgan fingerprint density at radius 2 is 1.70 bits per heavy atom. The molecule has 0 bridgehead atoms. The van der Waals surface area contributed by atoms with Crippen LogP contribution in [0.4, 0.5) is 0 Å². The van der Waals surface area contributed by atoms with E-state index in [1.807, 2.05) is 48.5 Å². The minimum atomic E-state index is 0.654. The Labute approximate surface area is 156 Å². The third-order valence-electron chi connectivity index (χ3n) is 4.41. The average Bonchev–Trinajstić information content (AvgIpc) is 3.16. The highest BCUT2D eigenvalue weighted by Gasteiger charge is 2.15. The van der Waals surface area contributed by atoms with Crippen LogP contribution in [-0.4, -0.2) is 36.3 Å². The van der Waals surface area contributed by atoms with Gasteiger partial charge in [0.2, 0.25) is 0 Å². The number of hydrogen-bond donors (Lipinski definition) is 1. The van der Waals surface area contributed by atoms with Crippen LogP contribution in [-0.2, 0) is 0 Å². The number of hydrogen-bond acceptors (Lipinski definition) is 5. The molecule has 0 aliphatic rings. The largest absolute Gasteiger partial charge is 0.497 e. The van der Waals surface area contributed by atoms with E-state index in [1.54, 1.807) is 27.5 Å². The van der Waals surface area contributed by atoms with E-state index in [-0.39, 0.29) is 0 Å². The Kier molecular flexibility index (Phi) is 4.38. The second-order valence-corrected chi connectivity index (χ2v) is 5.94. The molecule has 0 aliphatic heterocycles. The second-order valence-electron chi connectivity index (χ2n) is 5.94. The van der Waals surface area contributed by atoms with Crippen molar-refractivity contribution in [3.8, 4) is 39.9 Å². The minimum Gasteiger partial charge on any atom is -0.497 e. The van der Waals surface area contributed by atoms with E-state index in [0.717, 1.165) is 39.4 Å². The summed E-state index contributed by atoms with van der Waals surface area (Å²) in [5, 5.41) is 0. The molecule has 27 heavy (non-hydrogen) atoms. The van der Waals surface area contributed by atoms with Crippen LogP contribution in [0.3, 0.4) is 0 Å². The van der Waals surface area contributed by atoms with Crippen molar-refractivity contribution in [2.45, 2.75) is 0 Å². The lowest BCUT2D eigenvalue weighted by Gasteiger charge is -2.11. The maximum absolute atomic E-state index is 5.43. The third-order valence-corrected chi connectivity index (χ3v) is 4.41. The lowest BCUT2D eigenvalue weighted by Crippen LogP contribution is -1.94. The molecular formula is C21H19N3O3. The normalized spacial score (nSPS) is 10.8. The van der Waals surface area contributed by atoms with Gasteiger partial charge in [0, 0.05) is 23.4 Å². The smallest absolute Gasteiger partial charge is 0.161 e. The molecule has 0 radical (unpaired) electrons. The number of benzene rings is 2. The number of nitrogens with one attached hydrogen (secondary N) is 1. The first-order valence-corrected chi connectivity index (χ1v) is 8.45. The molecule has 0 fully saturated rings. The predicted molar refractivity (Wildman–Crippen MR) is 104 cm³/mol. The molecule has 0 unspecified atom stereocenters. The molecule has 2 heterocycles. The summed E-state index contributed by atoms with van der Waals surface area (Å²) in [6, 6.07) is 15.4. The van der Waals surface area contributed by atoms with Crippen molar-refractivity contribution < 1.29 is 14.2 Å². The van der Waals surface area contributed by atoms with Crippen LogP contribution >= 0.6 is 0 Å². The fraction of sp³-hybridized carbons (Fsp3) is 0.143. The van der Waals surface area contributed by atoms with Crippen molar-refractivity contribution in [2.24, 2.45) is 0 Å². The molecule has 6 nitrogen and oxygen atoms in total. The van der Waals surface area contributed by atoms with Gasteiger partial charge in [-0.15, -0.1) is 0 Å². The highest BCUT2D eigenvalue weighted by molar-refractivity contribution is 5.85. The number of fused-ring (bicyclic) bond motifs is 1. The van der Waals surface area contributed by atoms with Crippen LogP contribution in [0.5, 0.6) is 17.2 Å². The summed E-state index contributed by atoms with van der Waals surface area (Å²) < 4.78 is 16.0. The number of methoxy groups -OCH3 is 3. The highest BCUT2D eigenvalue weighted by Crippen LogP contribution is 2.35. The molecule has 2 aromatic heterocycles. The summed E-state index contributed by atoms with van der Waals surface area (Å²) in [5.74, 6) is 2.86. The van der Waals surface area contributed by atoms with E-state index in [4.69, 9.17) is 19.2 Å². The van der Waals surface area contributed by atoms with Crippen molar-refractivity contribution >= 4 is 11.0 Å². The standard InChI is InChI=1S/C21H19N3O3/c1-25-14-7-8-16-17(12-14)24-21(23-16)15-5-4-10-22-20(15)13-6-9-18(26-2)19(11-13)27-3/h4-12H,1-3H3,(H,23,24). The van der Waals surface area contributed by atoms with E-state index in [0.29, 0.717) is 11.5 Å². The first-order valence-electron chi connectivity index (χ1n) is 8.45. The van der Waals surface area contributed by atoms with Crippen LogP contribution in [0.2, 0.25) is 0 Å². The van der Waals surface area contributed by atoms with E-state index < -0.39 is 0 Å². The van der Waals surface area contributed by atoms with Gasteiger partial charge in [0.25, 0.3) is 0 Å². The third kappa shape index (κ3) is 3.06. The van der Waals surface area contributed by atoms with Crippen LogP contribution in [0.15, 0.2) is 54.7 Å². The molecule has 2 aromatic carbocycles. The minimum absolute atomic E-state index is 0.654. The topological polar surface area (TPSA) is 69.3 Å². The number of ether oxygens (including phenoxy) is 3. The highest BCUT2D eigenvalue weighted by atomic mass is 16.5. The Morgan fingerprint density at radius 1 is 0.852 bits per heavy atom. The van der Waals surface area contributed by atoms with Gasteiger partial charge in [0.1, 0.15) is 11.6 Å². The van der Waals surface area contributed by atoms with Gasteiger partial charge in [-0.3, -0.25) is 4.98 Å². The van der Waals surface area contributed by atoms with Crippen molar-refractivity contribution in [2.75, 3.05) is 21.3 Å². The Balaban J connectivity index is 1.84. The summed E-state index contributed by atoms with van der Waals surface area (Å²) in [4.78, 5) is 12.7. The fourth-order valence-electron chi connectivity index (χ4n) is 3.05. The molecule has 0 spiro atoms. The van der Waals surface area contributed by atoms with Crippen molar-refractivity contribution in [1.29, 1.82) is 0 Å². The monoisotopic (exact) mass is 361 g/mol. The van der Waals surface area contributed by atoms with Gasteiger partial charge in [0.15, 0.2) is 11.5 Å². The molecule has 4 aromatic rings. The van der Waals surface area contributed by atoms with Crippen LogP contribution in [0, 0.1) is 0 Å². The van der Waals surface area contributed by atoms with E-state index in [9.17, 15) is 0 Å². The van der Waals surface area contributed by atoms with Gasteiger partial charge >= 0.3 is 0 Å². The number of imidazole rings is 1. The van der Waals surface area contributed by atoms with Gasteiger partial charge < -0.3 is 19.2 Å². The molecule has 6 heteroatoms. The fourth-order valence-corrected chi connectivity index (χ4v) is 3.05. The Bertz CT molecular complexity index is 1100. The molecule has 0 saturated heterocycles. The molecular weight excluding hydrogens is 342 g/mol. The quantitative estimate of drug-likeness (QED) is 0.573. The molecule has 136 valence electrons. The predicted octanol–water partition coefficient (Wildman–Crippen LogP) is 4.32. The van der Waals surface area contributed by atoms with Gasteiger partial charge in [-0.05, 0) is 42.5 Å². The van der Waals surface area contributed by atoms with Crippen molar-refractivity contribution in [1.82, 2.24) is 15.0 Å². The maximum atomic E-state index is 5.43. The first kappa shape index (κ1) is 16.9. The Morgan fingerprint density at radius 3 is 2.48 bits per heavy atom. The zero-order valence-electron chi connectivity index (χ0n) is 15.3. The zero-order chi connectivity index (χ0) is 18.8. The van der Waals surface area contributed by atoms with Gasteiger partial charge in [-0.2, -0.15) is 0 Å². The van der Waals surface area contributed by atoms with Gasteiger partial charge in [-0.25, -0.2) is 4.98 Å². The molecule has 0 amide bonds. The summed E-state index contributed by atoms with van der Waals surface area (Å²) in [7, 11) is 4.88. The molecule has 0 aliphatic carbocycles. The number of pyridine rings is 1. The lowest BCUT2D eigenvalue weighted by atomic mass is 10.0. The molecule has 0 saturated carbocycles. The molecule has 4 rings (SSSR count). The van der Waals surface area contributed by atoms with E-state index in [1.165, 1.54) is 0 Å². The summed E-state index contributed by atoms with van der Waals surface area (Å²) >= 11 is 0. The summed E-state index contributed by atoms with van der Waals surface area (Å²) in [6.45, 7) is 0. The first-order chi connectivity index (χ1) is 13.2. The van der Waals surface area contributed by atoms with E-state index in [2.05, 4.69) is 9.97 Å². The zero-order valence-corrected chi connectivity index (χ0v) is 15.3. The SMILES string of the molecule is COc1ccc2nc(-c3cccnc3-c3ccc(OC)c(OC)c3)[nH]c2c1. The summed E-state index contributed by atoms with van der Waals surface area (Å²) in [6.07, 6.45) is 1.77. The Hall–Kier alpha value is -3.54. The average molecular weight is 361 g/mol. The summed E-state index contributed by atoms with van der Waals surface area (Å²) in [5.41, 5.74) is 4.41. The second kappa shape index (κ2) is 6.99. The van der Waals surface area contributed by atoms with Crippen LogP contribution < -0.4 is 14.2 Å². The molecule has 0 atom stereocenters. The number of aromatic amines is 1. The number of aromatic nitrogens is 3. The lowest BCUT2D eigenvalue weighted by molar-refractivity contribution is 0.355. The van der Waals surface area contributed by atoms with Crippen LogP contribution in [0.1, 0.15) is 0 Å². The van der Waals surface area contributed by atoms with Crippen molar-refractivity contribution in [3.05, 3.63) is 54.7 Å². The number of rotatable bonds is 5. The van der Waals surface area contributed by atoms with E-state index >= 15 is 0 Å². The van der Waals surface area contributed by atoms with Gasteiger partial charge in [0.05, 0.1) is 38.1 Å². The van der Waals surface area contributed by atoms with Gasteiger partial charge in [-0.1, -0.05) is 0 Å². The molecule has 1 N–H and O–H groups in total. The maximum Gasteiger partial charge on any atom is 0.161 e. The number of H-pyrrole nitrogens is 1. The van der Waals surface area contributed by atoms with Crippen molar-refractivity contribution in [3.63, 3.8) is 0 Å².